The van der Waals surface area contributed by atoms with Gasteiger partial charge in [-0.2, -0.15) is 9.78 Å². The number of nitrogens with two attached hydrogens (primary N) is 1. The Morgan fingerprint density at radius 2 is 1.69 bits per heavy atom. The molecule has 2 aromatic heterocycles. The Hall–Kier alpha value is -4.92. The number of benzene rings is 3. The van der Waals surface area contributed by atoms with Gasteiger partial charge in [0, 0.05) is 6.54 Å². The summed E-state index contributed by atoms with van der Waals surface area (Å²) >= 11 is 0. The Balaban J connectivity index is 1.55. The zero-order valence-electron chi connectivity index (χ0n) is 19.8. The summed E-state index contributed by atoms with van der Waals surface area (Å²) in [4.78, 5) is 22.7. The third kappa shape index (κ3) is 4.41. The number of rotatable bonds is 7. The van der Waals surface area contributed by atoms with Gasteiger partial charge in [-0.05, 0) is 47.5 Å². The van der Waals surface area contributed by atoms with Crippen LogP contribution in [0.4, 0.5) is 5.82 Å². The molecule has 36 heavy (non-hydrogen) atoms. The second-order valence-corrected chi connectivity index (χ2v) is 8.01. The molecule has 0 spiro atoms. The molecular weight excluding hydrogens is 456 g/mol. The molecule has 0 aliphatic carbocycles. The van der Waals surface area contributed by atoms with Crippen molar-refractivity contribution < 1.29 is 14.3 Å². The van der Waals surface area contributed by atoms with Crippen LogP contribution in [0.15, 0.2) is 77.9 Å². The lowest BCUT2D eigenvalue weighted by molar-refractivity contribution is 0.0953. The van der Waals surface area contributed by atoms with E-state index in [1.807, 2.05) is 72.8 Å². The van der Waals surface area contributed by atoms with Crippen molar-refractivity contribution in [1.29, 1.82) is 0 Å². The monoisotopic (exact) mass is 480 g/mol. The first-order chi connectivity index (χ1) is 17.6. The van der Waals surface area contributed by atoms with Crippen LogP contribution in [-0.4, -0.2) is 41.0 Å². The van der Waals surface area contributed by atoms with Gasteiger partial charge in [-0.3, -0.25) is 4.79 Å². The summed E-state index contributed by atoms with van der Waals surface area (Å²) in [5.41, 5.74) is 10.5. The summed E-state index contributed by atoms with van der Waals surface area (Å²) in [5.74, 6) is 1.22. The van der Waals surface area contributed by atoms with Crippen molar-refractivity contribution in [1.82, 2.24) is 20.0 Å². The number of amides is 1. The number of hydrogen-bond acceptors (Lipinski definition) is 7. The molecule has 0 saturated heterocycles. The Morgan fingerprint density at radius 1 is 0.972 bits per heavy atom. The van der Waals surface area contributed by atoms with Crippen molar-refractivity contribution in [3.63, 3.8) is 0 Å². The highest BCUT2D eigenvalue weighted by Gasteiger charge is 2.24. The largest absolute Gasteiger partial charge is 0.497 e. The fourth-order valence-corrected chi connectivity index (χ4v) is 3.85. The highest BCUT2D eigenvalue weighted by Crippen LogP contribution is 2.28. The Bertz CT molecular complexity index is 1590. The number of aromatic nitrogens is 3. The number of methoxy groups -OCH3 is 2. The lowest BCUT2D eigenvalue weighted by Gasteiger charge is -2.07. The summed E-state index contributed by atoms with van der Waals surface area (Å²) in [7, 11) is 3.21. The number of carbonyl (C=O) groups excluding carboxylic acids is 1. The summed E-state index contributed by atoms with van der Waals surface area (Å²) in [6.45, 7) is 0.309. The van der Waals surface area contributed by atoms with Crippen LogP contribution in [0, 0.1) is 0 Å². The molecule has 0 atom stereocenters. The average molecular weight is 481 g/mol. The van der Waals surface area contributed by atoms with Gasteiger partial charge < -0.3 is 20.5 Å². The van der Waals surface area contributed by atoms with E-state index in [1.54, 1.807) is 20.4 Å². The predicted molar refractivity (Wildman–Crippen MR) is 140 cm³/mol. The fourth-order valence-electron chi connectivity index (χ4n) is 3.85. The van der Waals surface area contributed by atoms with Crippen LogP contribution in [0.2, 0.25) is 0 Å². The van der Waals surface area contributed by atoms with Gasteiger partial charge in [-0.25, -0.2) is 9.97 Å². The molecule has 3 aromatic carbocycles. The number of carbonyl (C=O) groups is 1. The smallest absolute Gasteiger partial charge is 0.257 e. The van der Waals surface area contributed by atoms with Gasteiger partial charge >= 0.3 is 0 Å². The summed E-state index contributed by atoms with van der Waals surface area (Å²) < 4.78 is 11.9. The topological polar surface area (TPSA) is 117 Å². The van der Waals surface area contributed by atoms with Crippen LogP contribution in [-0.2, 0) is 6.54 Å². The van der Waals surface area contributed by atoms with Gasteiger partial charge in [0.25, 0.3) is 5.91 Å². The quantitative estimate of drug-likeness (QED) is 0.340. The van der Waals surface area contributed by atoms with Gasteiger partial charge in [-0.15, -0.1) is 0 Å². The normalized spacial score (nSPS) is 11.3. The Kier molecular flexibility index (Phi) is 6.19. The summed E-state index contributed by atoms with van der Waals surface area (Å²) in [5, 5.41) is 7.47. The molecule has 0 bridgehead atoms. The maximum Gasteiger partial charge on any atom is 0.257 e. The highest BCUT2D eigenvalue weighted by atomic mass is 16.5. The molecule has 9 heteroatoms. The lowest BCUT2D eigenvalue weighted by Crippen LogP contribution is -2.23. The standard InChI is InChI=1S/C27H24N6O3/c1-35-19-12-10-17(11-13-19)15-29-27(34)23-24-26(32-22-9-4-3-8-21(22)31-24)33(25(23)28)30-16-18-6-5-7-20(14-18)36-2/h3-14,16H,15,28H2,1-2H3,(H,29,34)/b30-16+. The first-order valence-corrected chi connectivity index (χ1v) is 11.2. The number of ether oxygens (including phenoxy) is 2. The molecule has 0 unspecified atom stereocenters. The van der Waals surface area contributed by atoms with Gasteiger partial charge in [0.05, 0.1) is 31.5 Å². The molecule has 3 N–H and O–H groups in total. The second-order valence-electron chi connectivity index (χ2n) is 8.01. The van der Waals surface area contributed by atoms with E-state index in [4.69, 9.17) is 25.2 Å². The zero-order valence-corrected chi connectivity index (χ0v) is 19.8. The maximum absolute atomic E-state index is 13.3. The third-order valence-corrected chi connectivity index (χ3v) is 5.73. The summed E-state index contributed by atoms with van der Waals surface area (Å²) in [6, 6.07) is 22.3. The van der Waals surface area contributed by atoms with Crippen LogP contribution in [0.3, 0.4) is 0 Å². The molecule has 0 radical (unpaired) electrons. The molecule has 0 aliphatic rings. The minimum absolute atomic E-state index is 0.145. The van der Waals surface area contributed by atoms with Crippen LogP contribution in [0.1, 0.15) is 21.5 Å². The van der Waals surface area contributed by atoms with E-state index in [1.165, 1.54) is 4.68 Å². The van der Waals surface area contributed by atoms with Crippen LogP contribution in [0.5, 0.6) is 11.5 Å². The van der Waals surface area contributed by atoms with E-state index in [2.05, 4.69) is 10.4 Å². The number of nitrogens with one attached hydrogen (secondary N) is 1. The minimum Gasteiger partial charge on any atom is -0.497 e. The SMILES string of the molecule is COc1ccc(CNC(=O)c2c(N)n(/N=C/c3cccc(OC)c3)c3nc4ccccc4nc23)cc1. The van der Waals surface area contributed by atoms with Crippen molar-refractivity contribution in [3.05, 3.63) is 89.5 Å². The van der Waals surface area contributed by atoms with Gasteiger partial charge in [0.15, 0.2) is 5.65 Å². The van der Waals surface area contributed by atoms with Crippen molar-refractivity contribution in [2.24, 2.45) is 5.10 Å². The van der Waals surface area contributed by atoms with E-state index >= 15 is 0 Å². The number of hydrogen-bond donors (Lipinski definition) is 2. The fraction of sp³-hybridized carbons (Fsp3) is 0.111. The van der Waals surface area contributed by atoms with Crippen LogP contribution >= 0.6 is 0 Å². The molecule has 0 fully saturated rings. The molecule has 180 valence electrons. The number of nitrogens with zero attached hydrogens (tertiary/aromatic N) is 4. The lowest BCUT2D eigenvalue weighted by atomic mass is 10.2. The van der Waals surface area contributed by atoms with E-state index < -0.39 is 0 Å². The van der Waals surface area contributed by atoms with Gasteiger partial charge in [-0.1, -0.05) is 36.4 Å². The molecule has 0 aliphatic heterocycles. The van der Waals surface area contributed by atoms with E-state index in [9.17, 15) is 4.79 Å². The van der Waals surface area contributed by atoms with Crippen molar-refractivity contribution in [2.75, 3.05) is 20.0 Å². The first-order valence-electron chi connectivity index (χ1n) is 11.2. The van der Waals surface area contributed by atoms with Gasteiger partial charge in [0.1, 0.15) is 28.4 Å². The molecule has 1 amide bonds. The average Bonchev–Trinajstić information content (AvgIpc) is 3.19. The molecule has 2 heterocycles. The van der Waals surface area contributed by atoms with E-state index in [0.29, 0.717) is 34.5 Å². The van der Waals surface area contributed by atoms with E-state index in [0.717, 1.165) is 16.9 Å². The van der Waals surface area contributed by atoms with Gasteiger partial charge in [0.2, 0.25) is 0 Å². The Labute approximate surface area is 207 Å². The molecule has 0 saturated carbocycles. The van der Waals surface area contributed by atoms with E-state index in [-0.39, 0.29) is 17.3 Å². The van der Waals surface area contributed by atoms with Crippen LogP contribution in [0.25, 0.3) is 22.2 Å². The van der Waals surface area contributed by atoms with Crippen molar-refractivity contribution in [3.8, 4) is 11.5 Å². The predicted octanol–water partition coefficient (Wildman–Crippen LogP) is 4.00. The highest BCUT2D eigenvalue weighted by molar-refractivity contribution is 6.10. The number of fused-ring (bicyclic) bond motifs is 2. The number of nitrogen functional groups attached to an aromatic ring is 1. The number of anilines is 1. The molecular formula is C27H24N6O3. The minimum atomic E-state index is -0.367. The molecule has 5 rings (SSSR count). The third-order valence-electron chi connectivity index (χ3n) is 5.73. The van der Waals surface area contributed by atoms with Crippen molar-refractivity contribution in [2.45, 2.75) is 6.54 Å². The summed E-state index contributed by atoms with van der Waals surface area (Å²) in [6.07, 6.45) is 1.63. The Morgan fingerprint density at radius 3 is 2.42 bits per heavy atom. The maximum atomic E-state index is 13.3. The van der Waals surface area contributed by atoms with Crippen molar-refractivity contribution >= 4 is 40.1 Å². The molecule has 5 aromatic rings. The first kappa shape index (κ1) is 22.9. The zero-order chi connectivity index (χ0) is 25.1. The second kappa shape index (κ2) is 9.75. The van der Waals surface area contributed by atoms with Crippen LogP contribution < -0.4 is 20.5 Å². The molecule has 9 nitrogen and oxygen atoms in total. The number of para-hydroxylation sites is 2.